The van der Waals surface area contributed by atoms with Crippen LogP contribution < -0.4 is 10.6 Å². The maximum absolute atomic E-state index is 6.03. The summed E-state index contributed by atoms with van der Waals surface area (Å²) in [5.74, 6) is 1.18. The van der Waals surface area contributed by atoms with Crippen molar-refractivity contribution in [2.24, 2.45) is 0 Å². The van der Waals surface area contributed by atoms with Crippen LogP contribution in [0.3, 0.4) is 0 Å². The van der Waals surface area contributed by atoms with Crippen LogP contribution in [0.4, 0.5) is 10.9 Å². The summed E-state index contributed by atoms with van der Waals surface area (Å²) in [5.41, 5.74) is 6.89. The third-order valence-electron chi connectivity index (χ3n) is 3.59. The number of aryl methyl sites for hydroxylation is 1. The summed E-state index contributed by atoms with van der Waals surface area (Å²) in [4.78, 5) is 10.2. The first-order valence-electron chi connectivity index (χ1n) is 6.83. The van der Waals surface area contributed by atoms with Crippen molar-refractivity contribution < 1.29 is 4.52 Å². The van der Waals surface area contributed by atoms with Gasteiger partial charge in [0, 0.05) is 31.1 Å². The highest BCUT2D eigenvalue weighted by molar-refractivity contribution is 7.16. The fraction of sp³-hybridized carbons (Fsp3) is 0.538. The Kier molecular flexibility index (Phi) is 3.62. The van der Waals surface area contributed by atoms with Gasteiger partial charge in [0.05, 0.1) is 10.6 Å². The number of aromatic nitrogens is 2. The molecular weight excluding hydrogens is 274 g/mol. The molecule has 7 heteroatoms. The molecule has 0 bridgehead atoms. The molecule has 0 atom stereocenters. The topological polar surface area (TPSA) is 71.4 Å². The number of anilines is 2. The first-order valence-corrected chi connectivity index (χ1v) is 7.64. The molecule has 1 aliphatic heterocycles. The molecule has 20 heavy (non-hydrogen) atoms. The van der Waals surface area contributed by atoms with E-state index in [0.29, 0.717) is 11.8 Å². The summed E-state index contributed by atoms with van der Waals surface area (Å²) in [6, 6.07) is 2.04. The zero-order valence-electron chi connectivity index (χ0n) is 11.8. The van der Waals surface area contributed by atoms with Gasteiger partial charge in [0.15, 0.2) is 0 Å². The van der Waals surface area contributed by atoms with E-state index in [9.17, 15) is 0 Å². The molecule has 0 aromatic carbocycles. The Bertz CT molecular complexity index is 585. The maximum atomic E-state index is 6.03. The Morgan fingerprint density at radius 1 is 1.35 bits per heavy atom. The SMILES string of the molecule is CCc1cc(-c2nc(N3CCN(C)CC3)no2)c(N)s1. The van der Waals surface area contributed by atoms with Gasteiger partial charge in [-0.2, -0.15) is 4.98 Å². The van der Waals surface area contributed by atoms with Gasteiger partial charge in [-0.1, -0.05) is 6.92 Å². The molecule has 2 aromatic rings. The van der Waals surface area contributed by atoms with Crippen molar-refractivity contribution in [1.29, 1.82) is 0 Å². The van der Waals surface area contributed by atoms with E-state index in [4.69, 9.17) is 10.3 Å². The largest absolute Gasteiger partial charge is 0.390 e. The highest BCUT2D eigenvalue weighted by atomic mass is 32.1. The van der Waals surface area contributed by atoms with E-state index in [1.54, 1.807) is 11.3 Å². The molecule has 108 valence electrons. The molecule has 2 N–H and O–H groups in total. The van der Waals surface area contributed by atoms with Gasteiger partial charge in [0.1, 0.15) is 0 Å². The molecule has 0 spiro atoms. The van der Waals surface area contributed by atoms with E-state index in [1.807, 2.05) is 6.07 Å². The van der Waals surface area contributed by atoms with Crippen LogP contribution in [0, 0.1) is 0 Å². The summed E-state index contributed by atoms with van der Waals surface area (Å²) in [5, 5.41) is 4.83. The average Bonchev–Trinajstić information content (AvgIpc) is 3.06. The van der Waals surface area contributed by atoms with Gasteiger partial charge in [-0.15, -0.1) is 11.3 Å². The lowest BCUT2D eigenvalue weighted by atomic mass is 10.2. The number of nitrogens with zero attached hydrogens (tertiary/aromatic N) is 4. The van der Waals surface area contributed by atoms with Gasteiger partial charge in [-0.25, -0.2) is 0 Å². The molecule has 0 radical (unpaired) electrons. The van der Waals surface area contributed by atoms with Crippen molar-refractivity contribution in [3.05, 3.63) is 10.9 Å². The van der Waals surface area contributed by atoms with E-state index in [-0.39, 0.29) is 0 Å². The maximum Gasteiger partial charge on any atom is 0.266 e. The predicted molar refractivity (Wildman–Crippen MR) is 81.1 cm³/mol. The molecule has 6 nitrogen and oxygen atoms in total. The first kappa shape index (κ1) is 13.4. The van der Waals surface area contributed by atoms with Crippen molar-refractivity contribution in [3.8, 4) is 11.5 Å². The minimum Gasteiger partial charge on any atom is -0.390 e. The van der Waals surface area contributed by atoms with Crippen LogP contribution in [-0.4, -0.2) is 48.3 Å². The monoisotopic (exact) mass is 293 g/mol. The fourth-order valence-electron chi connectivity index (χ4n) is 2.26. The quantitative estimate of drug-likeness (QED) is 0.928. The van der Waals surface area contributed by atoms with Crippen LogP contribution in [0.2, 0.25) is 0 Å². The minimum atomic E-state index is 0.521. The van der Waals surface area contributed by atoms with Gasteiger partial charge in [0.2, 0.25) is 0 Å². The van der Waals surface area contributed by atoms with Crippen molar-refractivity contribution in [2.75, 3.05) is 43.9 Å². The number of hydrogen-bond donors (Lipinski definition) is 1. The van der Waals surface area contributed by atoms with Crippen molar-refractivity contribution in [1.82, 2.24) is 15.0 Å². The van der Waals surface area contributed by atoms with Crippen LogP contribution in [0.25, 0.3) is 11.5 Å². The predicted octanol–water partition coefficient (Wildman–Crippen LogP) is 1.69. The van der Waals surface area contributed by atoms with Crippen molar-refractivity contribution >= 4 is 22.3 Å². The molecule has 2 aromatic heterocycles. The second-order valence-electron chi connectivity index (χ2n) is 5.03. The Morgan fingerprint density at radius 2 is 2.10 bits per heavy atom. The number of thiophene rings is 1. The molecule has 0 aliphatic carbocycles. The Hall–Kier alpha value is -1.60. The molecular formula is C13H19N5OS. The van der Waals surface area contributed by atoms with Gasteiger partial charge >= 0.3 is 0 Å². The van der Waals surface area contributed by atoms with Crippen LogP contribution in [0.15, 0.2) is 10.6 Å². The lowest BCUT2D eigenvalue weighted by Crippen LogP contribution is -2.44. The summed E-state index contributed by atoms with van der Waals surface area (Å²) < 4.78 is 5.38. The zero-order valence-corrected chi connectivity index (χ0v) is 12.6. The van der Waals surface area contributed by atoms with E-state index in [0.717, 1.165) is 43.2 Å². The van der Waals surface area contributed by atoms with Gasteiger partial charge in [-0.3, -0.25) is 0 Å². The summed E-state index contributed by atoms with van der Waals surface area (Å²) in [6.45, 7) is 6.00. The molecule has 0 saturated carbocycles. The molecule has 3 rings (SSSR count). The highest BCUT2D eigenvalue weighted by Gasteiger charge is 2.21. The summed E-state index contributed by atoms with van der Waals surface area (Å²) in [7, 11) is 2.12. The van der Waals surface area contributed by atoms with Gasteiger partial charge in [0.25, 0.3) is 11.8 Å². The number of nitrogens with two attached hydrogens (primary N) is 1. The Balaban J connectivity index is 1.81. The normalized spacial score (nSPS) is 16.8. The van der Waals surface area contributed by atoms with E-state index < -0.39 is 0 Å². The fourth-order valence-corrected chi connectivity index (χ4v) is 3.12. The van der Waals surface area contributed by atoms with E-state index in [2.05, 4.69) is 33.9 Å². The van der Waals surface area contributed by atoms with Gasteiger partial charge < -0.3 is 20.1 Å². The average molecular weight is 293 g/mol. The number of likely N-dealkylation sites (N-methyl/N-ethyl adjacent to an activating group) is 1. The number of nitrogen functional groups attached to an aromatic ring is 1. The second-order valence-corrected chi connectivity index (χ2v) is 6.20. The van der Waals surface area contributed by atoms with Crippen LogP contribution in [-0.2, 0) is 6.42 Å². The van der Waals surface area contributed by atoms with Crippen LogP contribution >= 0.6 is 11.3 Å². The second kappa shape index (κ2) is 5.41. The molecule has 0 amide bonds. The molecule has 1 aliphatic rings. The van der Waals surface area contributed by atoms with Crippen LogP contribution in [0.5, 0.6) is 0 Å². The van der Waals surface area contributed by atoms with E-state index in [1.165, 1.54) is 4.88 Å². The highest BCUT2D eigenvalue weighted by Crippen LogP contribution is 2.34. The number of piperazine rings is 1. The van der Waals surface area contributed by atoms with E-state index >= 15 is 0 Å². The first-order chi connectivity index (χ1) is 9.67. The van der Waals surface area contributed by atoms with Gasteiger partial charge in [-0.05, 0) is 24.7 Å². The third-order valence-corrected chi connectivity index (χ3v) is 4.70. The standard InChI is InChI=1S/C13H19N5OS/c1-3-9-8-10(11(14)20-9)12-15-13(16-19-12)18-6-4-17(2)5-7-18/h8H,3-7,14H2,1-2H3. The smallest absolute Gasteiger partial charge is 0.266 e. The number of rotatable bonds is 3. The number of hydrogen-bond acceptors (Lipinski definition) is 7. The van der Waals surface area contributed by atoms with Crippen molar-refractivity contribution in [3.63, 3.8) is 0 Å². The molecule has 0 unspecified atom stereocenters. The molecule has 3 heterocycles. The van der Waals surface area contributed by atoms with Crippen molar-refractivity contribution in [2.45, 2.75) is 13.3 Å². The lowest BCUT2D eigenvalue weighted by molar-refractivity contribution is 0.309. The molecule has 1 saturated heterocycles. The Labute approximate surface area is 122 Å². The summed E-state index contributed by atoms with van der Waals surface area (Å²) in [6.07, 6.45) is 0.967. The van der Waals surface area contributed by atoms with Crippen LogP contribution in [0.1, 0.15) is 11.8 Å². The lowest BCUT2D eigenvalue weighted by Gasteiger charge is -2.31. The molecule has 1 fully saturated rings. The minimum absolute atomic E-state index is 0.521. The summed E-state index contributed by atoms with van der Waals surface area (Å²) >= 11 is 1.58. The zero-order chi connectivity index (χ0) is 14.1. The third kappa shape index (κ3) is 2.51. The Morgan fingerprint density at radius 3 is 2.75 bits per heavy atom.